The SMILES string of the molecule is CC1CS(=O)(=O)CCN1c1ccc(C(=N)N)c(Br)c1F. The topological polar surface area (TPSA) is 87.2 Å². The summed E-state index contributed by atoms with van der Waals surface area (Å²) in [6.45, 7) is 2.01. The lowest BCUT2D eigenvalue weighted by molar-refractivity contribution is 0.558. The van der Waals surface area contributed by atoms with Gasteiger partial charge in [0.25, 0.3) is 0 Å². The van der Waals surface area contributed by atoms with Crippen molar-refractivity contribution in [2.45, 2.75) is 13.0 Å². The highest BCUT2D eigenvalue weighted by Crippen LogP contribution is 2.31. The van der Waals surface area contributed by atoms with E-state index >= 15 is 0 Å². The van der Waals surface area contributed by atoms with Crippen LogP contribution in [0.4, 0.5) is 10.1 Å². The van der Waals surface area contributed by atoms with E-state index in [9.17, 15) is 12.8 Å². The van der Waals surface area contributed by atoms with Crippen LogP contribution in [0.5, 0.6) is 0 Å². The maximum Gasteiger partial charge on any atom is 0.161 e. The van der Waals surface area contributed by atoms with Gasteiger partial charge in [-0.15, -0.1) is 0 Å². The van der Waals surface area contributed by atoms with Crippen molar-refractivity contribution in [2.75, 3.05) is 23.0 Å². The van der Waals surface area contributed by atoms with Gasteiger partial charge in [0.05, 0.1) is 21.7 Å². The molecule has 1 unspecified atom stereocenters. The number of anilines is 1. The highest BCUT2D eigenvalue weighted by atomic mass is 79.9. The minimum atomic E-state index is -3.05. The molecule has 20 heavy (non-hydrogen) atoms. The molecule has 1 fully saturated rings. The summed E-state index contributed by atoms with van der Waals surface area (Å²) < 4.78 is 37.6. The van der Waals surface area contributed by atoms with Crippen LogP contribution in [0.25, 0.3) is 0 Å². The number of sulfone groups is 1. The molecule has 1 heterocycles. The molecule has 0 amide bonds. The fourth-order valence-corrected chi connectivity index (χ4v) is 4.43. The number of nitrogens with two attached hydrogens (primary N) is 1. The summed E-state index contributed by atoms with van der Waals surface area (Å²) in [5.74, 6) is -0.720. The molecular weight excluding hydrogens is 349 g/mol. The van der Waals surface area contributed by atoms with Crippen molar-refractivity contribution in [3.05, 3.63) is 28.0 Å². The van der Waals surface area contributed by atoms with Gasteiger partial charge in [0.1, 0.15) is 5.84 Å². The number of hydrogen-bond donors (Lipinski definition) is 2. The first-order valence-corrected chi connectivity index (χ1v) is 8.64. The lowest BCUT2D eigenvalue weighted by Crippen LogP contribution is -2.47. The van der Waals surface area contributed by atoms with Gasteiger partial charge >= 0.3 is 0 Å². The summed E-state index contributed by atoms with van der Waals surface area (Å²) in [4.78, 5) is 1.73. The van der Waals surface area contributed by atoms with Gasteiger partial charge in [0, 0.05) is 18.2 Å². The lowest BCUT2D eigenvalue weighted by Gasteiger charge is -2.35. The molecule has 2 rings (SSSR count). The van der Waals surface area contributed by atoms with Crippen molar-refractivity contribution < 1.29 is 12.8 Å². The zero-order valence-electron chi connectivity index (χ0n) is 10.9. The van der Waals surface area contributed by atoms with Crippen LogP contribution in [0.1, 0.15) is 12.5 Å². The van der Waals surface area contributed by atoms with Crippen LogP contribution in [-0.4, -0.2) is 38.3 Å². The maximum atomic E-state index is 14.4. The molecule has 0 saturated carbocycles. The van der Waals surface area contributed by atoms with Crippen molar-refractivity contribution in [3.63, 3.8) is 0 Å². The predicted molar refractivity (Wildman–Crippen MR) is 80.6 cm³/mol. The van der Waals surface area contributed by atoms with E-state index in [1.54, 1.807) is 17.9 Å². The van der Waals surface area contributed by atoms with Gasteiger partial charge in [-0.2, -0.15) is 0 Å². The molecule has 0 spiro atoms. The standard InChI is InChI=1S/C12H15BrFN3O2S/c1-7-6-20(18,19)5-4-17(7)9-3-2-8(12(15)16)10(13)11(9)14/h2-3,7H,4-6H2,1H3,(H3,15,16). The van der Waals surface area contributed by atoms with Crippen molar-refractivity contribution in [2.24, 2.45) is 5.73 Å². The quantitative estimate of drug-likeness (QED) is 0.615. The molecule has 0 aliphatic carbocycles. The zero-order chi connectivity index (χ0) is 15.1. The Morgan fingerprint density at radius 1 is 1.55 bits per heavy atom. The first kappa shape index (κ1) is 15.2. The number of benzene rings is 1. The Labute approximate surface area is 125 Å². The molecule has 1 aliphatic rings. The molecular formula is C12H15BrFN3O2S. The number of nitrogen functional groups attached to an aromatic ring is 1. The normalized spacial score (nSPS) is 21.8. The van der Waals surface area contributed by atoms with E-state index in [1.807, 2.05) is 0 Å². The molecule has 0 aromatic heterocycles. The van der Waals surface area contributed by atoms with Crippen LogP contribution >= 0.6 is 15.9 Å². The average Bonchev–Trinajstić information content (AvgIpc) is 2.32. The molecule has 110 valence electrons. The monoisotopic (exact) mass is 363 g/mol. The summed E-state index contributed by atoms with van der Waals surface area (Å²) in [6.07, 6.45) is 0. The third-order valence-corrected chi connectivity index (χ3v) is 5.90. The summed E-state index contributed by atoms with van der Waals surface area (Å²) >= 11 is 3.10. The molecule has 0 radical (unpaired) electrons. The van der Waals surface area contributed by atoms with E-state index < -0.39 is 15.7 Å². The van der Waals surface area contributed by atoms with Crippen molar-refractivity contribution in [1.82, 2.24) is 0 Å². The Morgan fingerprint density at radius 2 is 2.20 bits per heavy atom. The second kappa shape index (κ2) is 5.33. The smallest absolute Gasteiger partial charge is 0.161 e. The van der Waals surface area contributed by atoms with E-state index in [2.05, 4.69) is 15.9 Å². The minimum Gasteiger partial charge on any atom is -0.384 e. The largest absolute Gasteiger partial charge is 0.384 e. The summed E-state index contributed by atoms with van der Waals surface area (Å²) in [6, 6.07) is 2.80. The maximum absolute atomic E-state index is 14.4. The Bertz CT molecular complexity index is 663. The van der Waals surface area contributed by atoms with E-state index in [0.717, 1.165) is 0 Å². The number of halogens is 2. The second-order valence-corrected chi connectivity index (χ2v) is 7.85. The molecule has 5 nitrogen and oxygen atoms in total. The minimum absolute atomic E-state index is 0.0124. The van der Waals surface area contributed by atoms with Gasteiger partial charge in [-0.05, 0) is 35.0 Å². The number of rotatable bonds is 2. The molecule has 1 aromatic carbocycles. The molecule has 1 saturated heterocycles. The van der Waals surface area contributed by atoms with Gasteiger partial charge in [0.15, 0.2) is 15.7 Å². The average molecular weight is 364 g/mol. The van der Waals surface area contributed by atoms with Gasteiger partial charge < -0.3 is 10.6 Å². The van der Waals surface area contributed by atoms with E-state index in [1.165, 1.54) is 6.07 Å². The fraction of sp³-hybridized carbons (Fsp3) is 0.417. The summed E-state index contributed by atoms with van der Waals surface area (Å²) in [5.41, 5.74) is 5.97. The van der Waals surface area contributed by atoms with Crippen molar-refractivity contribution in [1.29, 1.82) is 5.41 Å². The van der Waals surface area contributed by atoms with Crippen molar-refractivity contribution in [3.8, 4) is 0 Å². The predicted octanol–water partition coefficient (Wildman–Crippen LogP) is 1.50. The number of hydrogen-bond acceptors (Lipinski definition) is 4. The van der Waals surface area contributed by atoms with E-state index in [4.69, 9.17) is 11.1 Å². The van der Waals surface area contributed by atoms with Gasteiger partial charge in [-0.25, -0.2) is 12.8 Å². The van der Waals surface area contributed by atoms with Crippen LogP contribution in [0.3, 0.4) is 0 Å². The third-order valence-electron chi connectivity index (χ3n) is 3.33. The molecule has 1 aromatic rings. The Balaban J connectivity index is 2.40. The van der Waals surface area contributed by atoms with E-state index in [0.29, 0.717) is 5.69 Å². The van der Waals surface area contributed by atoms with Crippen molar-refractivity contribution >= 4 is 37.3 Å². The number of nitrogens with one attached hydrogen (secondary N) is 1. The molecule has 1 atom stereocenters. The Morgan fingerprint density at radius 3 is 2.75 bits per heavy atom. The van der Waals surface area contributed by atoms with Crippen LogP contribution in [0, 0.1) is 11.2 Å². The molecule has 3 N–H and O–H groups in total. The lowest BCUT2D eigenvalue weighted by atomic mass is 10.1. The van der Waals surface area contributed by atoms with Crippen LogP contribution < -0.4 is 10.6 Å². The molecule has 0 bridgehead atoms. The first-order valence-electron chi connectivity index (χ1n) is 6.02. The van der Waals surface area contributed by atoms with Gasteiger partial charge in [-0.1, -0.05) is 0 Å². The first-order chi connectivity index (χ1) is 9.23. The second-order valence-electron chi connectivity index (χ2n) is 4.83. The van der Waals surface area contributed by atoms with Crippen LogP contribution in [0.2, 0.25) is 0 Å². The van der Waals surface area contributed by atoms with Crippen LogP contribution in [0.15, 0.2) is 16.6 Å². The van der Waals surface area contributed by atoms with Crippen LogP contribution in [-0.2, 0) is 9.84 Å². The number of nitrogens with zero attached hydrogens (tertiary/aromatic N) is 1. The van der Waals surface area contributed by atoms with Gasteiger partial charge in [0.2, 0.25) is 0 Å². The third kappa shape index (κ3) is 2.80. The highest BCUT2D eigenvalue weighted by molar-refractivity contribution is 9.10. The zero-order valence-corrected chi connectivity index (χ0v) is 13.3. The fourth-order valence-electron chi connectivity index (χ4n) is 2.33. The Kier molecular flexibility index (Phi) is 4.06. The molecule has 8 heteroatoms. The van der Waals surface area contributed by atoms with E-state index in [-0.39, 0.29) is 40.0 Å². The molecule has 1 aliphatic heterocycles. The summed E-state index contributed by atoms with van der Waals surface area (Å²) in [7, 11) is -3.05. The Hall–Kier alpha value is -1.15. The number of amidine groups is 1. The highest BCUT2D eigenvalue weighted by Gasteiger charge is 2.30. The summed E-state index contributed by atoms with van der Waals surface area (Å²) in [5, 5.41) is 7.37. The van der Waals surface area contributed by atoms with Gasteiger partial charge in [-0.3, -0.25) is 5.41 Å².